The van der Waals surface area contributed by atoms with Crippen LogP contribution in [0.15, 0.2) is 68.9 Å². The number of thioether (sulfide) groups is 2. The third-order valence-electron chi connectivity index (χ3n) is 4.71. The normalized spacial score (nSPS) is 18.6. The van der Waals surface area contributed by atoms with Gasteiger partial charge in [-0.25, -0.2) is 0 Å². The fraction of sp³-hybridized carbons (Fsp3) is 0.238. The van der Waals surface area contributed by atoms with Crippen LogP contribution < -0.4 is 5.32 Å². The number of nitrogens with one attached hydrogen (secondary N) is 2. The third-order valence-corrected chi connectivity index (χ3v) is 7.34. The molecule has 2 aliphatic rings. The average Bonchev–Trinajstić information content (AvgIpc) is 3.24. The summed E-state index contributed by atoms with van der Waals surface area (Å²) < 4.78 is 3.06. The van der Waals surface area contributed by atoms with Crippen molar-refractivity contribution in [1.29, 1.82) is 5.41 Å². The van der Waals surface area contributed by atoms with Gasteiger partial charge < -0.3 is 9.88 Å². The molecule has 4 nitrogen and oxygen atoms in total. The Balaban J connectivity index is 1.75. The zero-order valence-corrected chi connectivity index (χ0v) is 16.9. The summed E-state index contributed by atoms with van der Waals surface area (Å²) in [4.78, 5) is 14.2. The minimum absolute atomic E-state index is 0.0873. The Morgan fingerprint density at radius 2 is 2.04 bits per heavy atom. The highest BCUT2D eigenvalue weighted by atomic mass is 32.2. The zero-order chi connectivity index (χ0) is 19.0. The van der Waals surface area contributed by atoms with Crippen molar-refractivity contribution in [2.75, 3.05) is 11.1 Å². The fourth-order valence-corrected chi connectivity index (χ4v) is 6.06. The highest BCUT2D eigenvalue weighted by Crippen LogP contribution is 2.53. The Hall–Kier alpha value is -2.18. The number of para-hydroxylation sites is 1. The van der Waals surface area contributed by atoms with Crippen LogP contribution in [0, 0.1) is 5.41 Å². The molecule has 27 heavy (non-hydrogen) atoms. The molecular weight excluding hydrogens is 374 g/mol. The molecule has 2 aromatic rings. The maximum Gasteiger partial charge on any atom is 0.253 e. The van der Waals surface area contributed by atoms with Crippen molar-refractivity contribution in [1.82, 2.24) is 4.57 Å². The maximum absolute atomic E-state index is 13.2. The molecule has 0 fully saturated rings. The van der Waals surface area contributed by atoms with Gasteiger partial charge in [0.2, 0.25) is 0 Å². The van der Waals surface area contributed by atoms with E-state index in [2.05, 4.69) is 12.2 Å². The standard InChI is InChI=1S/C21H21N3OS2/c1-3-12-26-21-18-17(15-10-7-11-24(15)19(18)22)16(13(2)27-21)20(25)23-14-8-5-4-6-9-14/h4-11,17,22H,3,12H2,1-2H3,(H,23,25). The first-order valence-corrected chi connectivity index (χ1v) is 10.8. The van der Waals surface area contributed by atoms with Crippen molar-refractivity contribution in [2.24, 2.45) is 0 Å². The summed E-state index contributed by atoms with van der Waals surface area (Å²) in [6.07, 6.45) is 2.99. The van der Waals surface area contributed by atoms with Crippen molar-refractivity contribution in [3.05, 3.63) is 74.6 Å². The predicted octanol–water partition coefficient (Wildman–Crippen LogP) is 5.42. The molecule has 2 aliphatic heterocycles. The SMILES string of the molecule is CCCSC1=C2C(=N)n3cccc3C2C(C(=O)Nc2ccccc2)=C(C)S1. The van der Waals surface area contributed by atoms with Gasteiger partial charge in [0.1, 0.15) is 5.84 Å². The van der Waals surface area contributed by atoms with Gasteiger partial charge in [0.15, 0.2) is 0 Å². The lowest BCUT2D eigenvalue weighted by Crippen LogP contribution is -2.23. The summed E-state index contributed by atoms with van der Waals surface area (Å²) in [6.45, 7) is 4.18. The Kier molecular flexibility index (Phi) is 5.02. The Morgan fingerprint density at radius 1 is 1.26 bits per heavy atom. The van der Waals surface area contributed by atoms with Gasteiger partial charge in [-0.15, -0.1) is 11.8 Å². The molecule has 1 amide bonds. The number of hydrogen-bond acceptors (Lipinski definition) is 4. The first-order chi connectivity index (χ1) is 13.1. The van der Waals surface area contributed by atoms with E-state index in [1.165, 1.54) is 0 Å². The Morgan fingerprint density at radius 3 is 2.78 bits per heavy atom. The Labute approximate surface area is 167 Å². The number of anilines is 1. The molecule has 0 spiro atoms. The number of fused-ring (bicyclic) bond motifs is 3. The zero-order valence-electron chi connectivity index (χ0n) is 15.3. The van der Waals surface area contributed by atoms with Crippen LogP contribution in [-0.2, 0) is 4.79 Å². The quantitative estimate of drug-likeness (QED) is 0.710. The van der Waals surface area contributed by atoms with Gasteiger partial charge in [0, 0.05) is 28.7 Å². The molecule has 0 bridgehead atoms. The minimum atomic E-state index is -0.170. The number of nitrogens with zero attached hydrogens (tertiary/aromatic N) is 1. The Bertz CT molecular complexity index is 972. The first-order valence-electron chi connectivity index (χ1n) is 9.00. The van der Waals surface area contributed by atoms with Gasteiger partial charge in [0.05, 0.1) is 10.2 Å². The third kappa shape index (κ3) is 3.17. The second-order valence-electron chi connectivity index (χ2n) is 6.53. The monoisotopic (exact) mass is 395 g/mol. The van der Waals surface area contributed by atoms with Crippen LogP contribution in [-0.4, -0.2) is 22.1 Å². The van der Waals surface area contributed by atoms with Gasteiger partial charge in [-0.2, -0.15) is 0 Å². The van der Waals surface area contributed by atoms with E-state index >= 15 is 0 Å². The van der Waals surface area contributed by atoms with Gasteiger partial charge in [-0.1, -0.05) is 36.9 Å². The van der Waals surface area contributed by atoms with Crippen LogP contribution in [0.25, 0.3) is 0 Å². The molecule has 6 heteroatoms. The van der Waals surface area contributed by atoms with Gasteiger partial charge in [0.25, 0.3) is 5.91 Å². The average molecular weight is 396 g/mol. The molecule has 2 N–H and O–H groups in total. The summed E-state index contributed by atoms with van der Waals surface area (Å²) in [7, 11) is 0. The van der Waals surface area contributed by atoms with Crippen LogP contribution >= 0.6 is 23.5 Å². The van der Waals surface area contributed by atoms with Crippen LogP contribution in [0.2, 0.25) is 0 Å². The molecule has 0 saturated heterocycles. The highest BCUT2D eigenvalue weighted by Gasteiger charge is 2.42. The van der Waals surface area contributed by atoms with Crippen LogP contribution in [0.4, 0.5) is 5.69 Å². The van der Waals surface area contributed by atoms with E-state index in [0.29, 0.717) is 5.84 Å². The highest BCUT2D eigenvalue weighted by molar-refractivity contribution is 8.24. The second kappa shape index (κ2) is 7.44. The number of amides is 1. The molecule has 138 valence electrons. The summed E-state index contributed by atoms with van der Waals surface area (Å²) in [5, 5.41) is 11.7. The molecule has 0 saturated carbocycles. The smallest absolute Gasteiger partial charge is 0.253 e. The van der Waals surface area contributed by atoms with E-state index < -0.39 is 0 Å². The largest absolute Gasteiger partial charge is 0.322 e. The number of rotatable bonds is 5. The van der Waals surface area contributed by atoms with Crippen LogP contribution in [0.1, 0.15) is 31.9 Å². The predicted molar refractivity (Wildman–Crippen MR) is 115 cm³/mol. The molecular formula is C21H21N3OS2. The molecule has 0 radical (unpaired) electrons. The van der Waals surface area contributed by atoms with E-state index in [4.69, 9.17) is 5.41 Å². The lowest BCUT2D eigenvalue weighted by molar-refractivity contribution is -0.113. The molecule has 1 unspecified atom stereocenters. The molecule has 1 aromatic heterocycles. The van der Waals surface area contributed by atoms with Crippen LogP contribution in [0.3, 0.4) is 0 Å². The van der Waals surface area contributed by atoms with Gasteiger partial charge in [-0.05, 0) is 48.3 Å². The van der Waals surface area contributed by atoms with E-state index in [1.807, 2.05) is 60.2 Å². The van der Waals surface area contributed by atoms with Gasteiger partial charge in [-0.3, -0.25) is 10.2 Å². The van der Waals surface area contributed by atoms with Crippen molar-refractivity contribution in [2.45, 2.75) is 26.2 Å². The van der Waals surface area contributed by atoms with Gasteiger partial charge >= 0.3 is 0 Å². The van der Waals surface area contributed by atoms with Crippen molar-refractivity contribution < 1.29 is 4.79 Å². The van der Waals surface area contributed by atoms with E-state index in [1.54, 1.807) is 23.5 Å². The van der Waals surface area contributed by atoms with E-state index in [0.717, 1.165) is 43.8 Å². The second-order valence-corrected chi connectivity index (χ2v) is 9.11. The molecule has 1 atom stereocenters. The summed E-state index contributed by atoms with van der Waals surface area (Å²) in [5.74, 6) is 1.25. The summed E-state index contributed by atoms with van der Waals surface area (Å²) in [6, 6.07) is 13.5. The molecule has 0 aliphatic carbocycles. The lowest BCUT2D eigenvalue weighted by Gasteiger charge is -2.26. The number of carbonyl (C=O) groups is 1. The number of hydrogen-bond donors (Lipinski definition) is 2. The number of aromatic nitrogens is 1. The number of allylic oxidation sites excluding steroid dienone is 2. The van der Waals surface area contributed by atoms with Crippen molar-refractivity contribution in [3.8, 4) is 0 Å². The lowest BCUT2D eigenvalue weighted by atomic mass is 9.89. The number of benzene rings is 1. The van der Waals surface area contributed by atoms with Crippen molar-refractivity contribution in [3.63, 3.8) is 0 Å². The topological polar surface area (TPSA) is 57.9 Å². The summed E-state index contributed by atoms with van der Waals surface area (Å²) >= 11 is 3.43. The van der Waals surface area contributed by atoms with Crippen molar-refractivity contribution >= 4 is 41.0 Å². The van der Waals surface area contributed by atoms with E-state index in [-0.39, 0.29) is 11.8 Å². The maximum atomic E-state index is 13.2. The number of carbonyl (C=O) groups excluding carboxylic acids is 1. The molecule has 3 heterocycles. The fourth-order valence-electron chi connectivity index (χ4n) is 3.52. The molecule has 4 rings (SSSR count). The van der Waals surface area contributed by atoms with E-state index in [9.17, 15) is 4.79 Å². The summed E-state index contributed by atoms with van der Waals surface area (Å²) in [5.41, 5.74) is 3.51. The first kappa shape index (κ1) is 18.2. The van der Waals surface area contributed by atoms with Crippen LogP contribution in [0.5, 0.6) is 0 Å². The molecule has 1 aromatic carbocycles. The minimum Gasteiger partial charge on any atom is -0.322 e.